The molecule has 24 heavy (non-hydrogen) atoms. The third-order valence-corrected chi connectivity index (χ3v) is 3.99. The molecule has 0 aliphatic carbocycles. The van der Waals surface area contributed by atoms with Gasteiger partial charge in [-0.1, -0.05) is 5.16 Å². The van der Waals surface area contributed by atoms with Crippen molar-refractivity contribution < 1.29 is 14.0 Å². The second-order valence-corrected chi connectivity index (χ2v) is 5.91. The highest BCUT2D eigenvalue weighted by Gasteiger charge is 2.18. The van der Waals surface area contributed by atoms with Gasteiger partial charge in [0, 0.05) is 26.7 Å². The maximum Gasteiger partial charge on any atom is 0.231 e. The highest BCUT2D eigenvalue weighted by molar-refractivity contribution is 14.0. The zero-order valence-electron chi connectivity index (χ0n) is 13.3. The van der Waals surface area contributed by atoms with Crippen LogP contribution in [0.5, 0.6) is 11.5 Å². The van der Waals surface area contributed by atoms with Crippen molar-refractivity contribution in [3.63, 3.8) is 0 Å². The number of rotatable bonds is 4. The summed E-state index contributed by atoms with van der Waals surface area (Å²) in [5.74, 6) is 2.27. The molecule has 2 heterocycles. The van der Waals surface area contributed by atoms with Crippen LogP contribution in [0.1, 0.15) is 11.3 Å². The average molecular weight is 509 g/mol. The topological polar surface area (TPSA) is 72.1 Å². The van der Waals surface area contributed by atoms with Gasteiger partial charge in [-0.15, -0.1) is 24.0 Å². The number of ether oxygens (including phenoxy) is 2. The fourth-order valence-corrected chi connectivity index (χ4v) is 2.93. The SMILES string of the molecule is CN=C(NCc1cc(Br)c2c(c1)OCO2)N(C)Cc1ccon1.I. The Bertz CT molecular complexity index is 709. The van der Waals surface area contributed by atoms with E-state index < -0.39 is 0 Å². The summed E-state index contributed by atoms with van der Waals surface area (Å²) in [5.41, 5.74) is 1.92. The molecule has 1 aliphatic rings. The Morgan fingerprint density at radius 3 is 2.96 bits per heavy atom. The molecule has 3 rings (SSSR count). The molecule has 0 unspecified atom stereocenters. The molecule has 0 spiro atoms. The summed E-state index contributed by atoms with van der Waals surface area (Å²) in [5, 5.41) is 7.22. The Hall–Kier alpha value is -1.49. The van der Waals surface area contributed by atoms with Gasteiger partial charge in [-0.3, -0.25) is 4.99 Å². The Kier molecular flexibility index (Phi) is 6.72. The molecular formula is C15H18BrIN4O3. The molecule has 1 aromatic heterocycles. The van der Waals surface area contributed by atoms with Crippen LogP contribution in [0.2, 0.25) is 0 Å². The van der Waals surface area contributed by atoms with Gasteiger partial charge in [0.15, 0.2) is 17.5 Å². The highest BCUT2D eigenvalue weighted by Crippen LogP contribution is 2.39. The summed E-state index contributed by atoms with van der Waals surface area (Å²) in [6, 6.07) is 5.80. The second-order valence-electron chi connectivity index (χ2n) is 5.06. The molecule has 0 radical (unpaired) electrons. The first-order valence-electron chi connectivity index (χ1n) is 7.06. The standard InChI is InChI=1S/C15H17BrN4O3.HI/c1-17-15(20(2)8-11-3-4-23-19-11)18-7-10-5-12(16)14-13(6-10)21-9-22-14;/h3-6H,7-9H2,1-2H3,(H,17,18);1H. The quantitative estimate of drug-likeness (QED) is 0.389. The number of halogens is 2. The number of benzene rings is 1. The van der Waals surface area contributed by atoms with Gasteiger partial charge in [-0.25, -0.2) is 0 Å². The molecule has 0 saturated carbocycles. The van der Waals surface area contributed by atoms with E-state index in [1.807, 2.05) is 30.1 Å². The van der Waals surface area contributed by atoms with E-state index in [0.717, 1.165) is 33.2 Å². The number of aromatic nitrogens is 1. The molecule has 1 N–H and O–H groups in total. The van der Waals surface area contributed by atoms with Crippen LogP contribution < -0.4 is 14.8 Å². The van der Waals surface area contributed by atoms with Gasteiger partial charge in [0.1, 0.15) is 12.0 Å². The smallest absolute Gasteiger partial charge is 0.231 e. The van der Waals surface area contributed by atoms with Crippen LogP contribution in [0, 0.1) is 0 Å². The van der Waals surface area contributed by atoms with Crippen molar-refractivity contribution in [3.05, 3.63) is 40.2 Å². The molecule has 2 aromatic rings. The first-order chi connectivity index (χ1) is 11.2. The normalized spacial score (nSPS) is 12.7. The summed E-state index contributed by atoms with van der Waals surface area (Å²) >= 11 is 3.50. The van der Waals surface area contributed by atoms with E-state index in [2.05, 4.69) is 31.4 Å². The first kappa shape index (κ1) is 18.8. The van der Waals surface area contributed by atoms with Crippen LogP contribution in [0.15, 0.2) is 38.5 Å². The lowest BCUT2D eigenvalue weighted by Crippen LogP contribution is -2.38. The van der Waals surface area contributed by atoms with E-state index in [-0.39, 0.29) is 30.8 Å². The number of fused-ring (bicyclic) bond motifs is 1. The third kappa shape index (κ3) is 4.32. The van der Waals surface area contributed by atoms with Crippen molar-refractivity contribution in [2.75, 3.05) is 20.9 Å². The van der Waals surface area contributed by atoms with E-state index in [4.69, 9.17) is 14.0 Å². The van der Waals surface area contributed by atoms with Gasteiger partial charge in [0.25, 0.3) is 0 Å². The zero-order valence-corrected chi connectivity index (χ0v) is 17.2. The summed E-state index contributed by atoms with van der Waals surface area (Å²) in [6.07, 6.45) is 1.56. The van der Waals surface area contributed by atoms with Crippen molar-refractivity contribution in [3.8, 4) is 11.5 Å². The number of nitrogens with zero attached hydrogens (tertiary/aromatic N) is 3. The van der Waals surface area contributed by atoms with Gasteiger partial charge in [0.05, 0.1) is 11.0 Å². The van der Waals surface area contributed by atoms with E-state index in [9.17, 15) is 0 Å². The maximum absolute atomic E-state index is 5.43. The fraction of sp³-hybridized carbons (Fsp3) is 0.333. The molecule has 0 bridgehead atoms. The lowest BCUT2D eigenvalue weighted by Gasteiger charge is -2.21. The summed E-state index contributed by atoms with van der Waals surface area (Å²) in [6.45, 7) is 1.49. The number of guanidine groups is 1. The molecule has 0 amide bonds. The number of nitrogens with one attached hydrogen (secondary N) is 1. The number of aliphatic imine (C=N–C) groups is 1. The van der Waals surface area contributed by atoms with E-state index in [1.54, 1.807) is 13.3 Å². The summed E-state index contributed by atoms with van der Waals surface area (Å²) in [7, 11) is 3.69. The lowest BCUT2D eigenvalue weighted by atomic mass is 10.2. The highest BCUT2D eigenvalue weighted by atomic mass is 127. The maximum atomic E-state index is 5.43. The second kappa shape index (κ2) is 8.56. The molecule has 0 fully saturated rings. The first-order valence-corrected chi connectivity index (χ1v) is 7.85. The van der Waals surface area contributed by atoms with Crippen molar-refractivity contribution in [2.45, 2.75) is 13.1 Å². The van der Waals surface area contributed by atoms with Crippen molar-refractivity contribution in [1.82, 2.24) is 15.4 Å². The molecule has 0 saturated heterocycles. The minimum absolute atomic E-state index is 0. The van der Waals surface area contributed by atoms with Crippen molar-refractivity contribution in [2.24, 2.45) is 4.99 Å². The minimum atomic E-state index is 0. The predicted octanol–water partition coefficient (Wildman–Crippen LogP) is 2.99. The summed E-state index contributed by atoms with van der Waals surface area (Å²) < 4.78 is 16.6. The van der Waals surface area contributed by atoms with Gasteiger partial charge in [-0.05, 0) is 33.6 Å². The Labute approximate surface area is 165 Å². The molecule has 130 valence electrons. The minimum Gasteiger partial charge on any atom is -0.454 e. The number of hydrogen-bond acceptors (Lipinski definition) is 5. The van der Waals surface area contributed by atoms with E-state index in [0.29, 0.717) is 13.1 Å². The van der Waals surface area contributed by atoms with Crippen LogP contribution >= 0.6 is 39.9 Å². The molecule has 9 heteroatoms. The monoisotopic (exact) mass is 508 g/mol. The van der Waals surface area contributed by atoms with Crippen LogP contribution in [0.4, 0.5) is 0 Å². The molecule has 1 aliphatic heterocycles. The molecular weight excluding hydrogens is 491 g/mol. The van der Waals surface area contributed by atoms with Crippen LogP contribution in [-0.4, -0.2) is 36.9 Å². The van der Waals surface area contributed by atoms with Gasteiger partial charge >= 0.3 is 0 Å². The zero-order chi connectivity index (χ0) is 16.2. The van der Waals surface area contributed by atoms with Crippen molar-refractivity contribution >= 4 is 45.9 Å². The van der Waals surface area contributed by atoms with Gasteiger partial charge in [-0.2, -0.15) is 0 Å². The van der Waals surface area contributed by atoms with E-state index >= 15 is 0 Å². The average Bonchev–Trinajstić information content (AvgIpc) is 3.19. The van der Waals surface area contributed by atoms with Crippen molar-refractivity contribution in [1.29, 1.82) is 0 Å². The Balaban J connectivity index is 0.00000208. The van der Waals surface area contributed by atoms with Crippen LogP contribution in [0.25, 0.3) is 0 Å². The van der Waals surface area contributed by atoms with E-state index in [1.165, 1.54) is 0 Å². The Morgan fingerprint density at radius 1 is 1.42 bits per heavy atom. The van der Waals surface area contributed by atoms with Gasteiger partial charge in [0.2, 0.25) is 6.79 Å². The molecule has 7 nitrogen and oxygen atoms in total. The third-order valence-electron chi connectivity index (χ3n) is 3.40. The molecule has 1 aromatic carbocycles. The summed E-state index contributed by atoms with van der Waals surface area (Å²) in [4.78, 5) is 6.26. The predicted molar refractivity (Wildman–Crippen MR) is 104 cm³/mol. The largest absolute Gasteiger partial charge is 0.454 e. The van der Waals surface area contributed by atoms with Crippen LogP contribution in [-0.2, 0) is 13.1 Å². The van der Waals surface area contributed by atoms with Gasteiger partial charge < -0.3 is 24.2 Å². The fourth-order valence-electron chi connectivity index (χ4n) is 2.33. The van der Waals surface area contributed by atoms with Crippen LogP contribution in [0.3, 0.4) is 0 Å². The Morgan fingerprint density at radius 2 is 2.25 bits per heavy atom. The lowest BCUT2D eigenvalue weighted by molar-refractivity contribution is 0.173. The molecule has 0 atom stereocenters. The number of hydrogen-bond donors (Lipinski definition) is 1.